The SMILES string of the molecule is N#CC(C(=O)NCCc1cccc(F)c1)c1ccccc1. The van der Waals surface area contributed by atoms with Crippen molar-refractivity contribution < 1.29 is 9.18 Å². The Balaban J connectivity index is 1.91. The van der Waals surface area contributed by atoms with Crippen LogP contribution in [-0.4, -0.2) is 12.5 Å². The lowest BCUT2D eigenvalue weighted by atomic mass is 10.00. The highest BCUT2D eigenvalue weighted by Gasteiger charge is 2.19. The Morgan fingerprint density at radius 2 is 1.95 bits per heavy atom. The van der Waals surface area contributed by atoms with Gasteiger partial charge in [-0.15, -0.1) is 0 Å². The van der Waals surface area contributed by atoms with Gasteiger partial charge in [-0.1, -0.05) is 42.5 Å². The second-order valence-electron chi connectivity index (χ2n) is 4.64. The quantitative estimate of drug-likeness (QED) is 0.916. The van der Waals surface area contributed by atoms with Crippen molar-refractivity contribution in [2.24, 2.45) is 0 Å². The zero-order valence-electron chi connectivity index (χ0n) is 11.4. The number of nitrogens with zero attached hydrogens (tertiary/aromatic N) is 1. The molecular formula is C17H15FN2O. The minimum absolute atomic E-state index is 0.294. The maximum absolute atomic E-state index is 13.0. The summed E-state index contributed by atoms with van der Waals surface area (Å²) in [4.78, 5) is 12.0. The van der Waals surface area contributed by atoms with Crippen LogP contribution in [0.3, 0.4) is 0 Å². The van der Waals surface area contributed by atoms with E-state index in [0.717, 1.165) is 5.56 Å². The van der Waals surface area contributed by atoms with Gasteiger partial charge in [0.2, 0.25) is 5.91 Å². The van der Waals surface area contributed by atoms with E-state index < -0.39 is 5.92 Å². The molecule has 0 spiro atoms. The molecule has 0 aromatic heterocycles. The Hall–Kier alpha value is -2.67. The molecule has 0 aliphatic rings. The number of hydrogen-bond acceptors (Lipinski definition) is 2. The van der Waals surface area contributed by atoms with E-state index in [1.54, 1.807) is 36.4 Å². The van der Waals surface area contributed by atoms with Crippen molar-refractivity contribution in [3.8, 4) is 6.07 Å². The van der Waals surface area contributed by atoms with Gasteiger partial charge in [-0.3, -0.25) is 4.79 Å². The number of carbonyl (C=O) groups excluding carboxylic acids is 1. The molecule has 0 radical (unpaired) electrons. The van der Waals surface area contributed by atoms with E-state index in [1.165, 1.54) is 12.1 Å². The second-order valence-corrected chi connectivity index (χ2v) is 4.64. The Morgan fingerprint density at radius 3 is 2.62 bits per heavy atom. The standard InChI is InChI=1S/C17H15FN2O/c18-15-8-4-5-13(11-15)9-10-20-17(21)16(12-19)14-6-2-1-3-7-14/h1-8,11,16H,9-10H2,(H,20,21). The molecule has 1 unspecified atom stereocenters. The molecule has 1 N–H and O–H groups in total. The maximum Gasteiger partial charge on any atom is 0.241 e. The van der Waals surface area contributed by atoms with E-state index in [4.69, 9.17) is 5.26 Å². The van der Waals surface area contributed by atoms with Crippen LogP contribution in [-0.2, 0) is 11.2 Å². The maximum atomic E-state index is 13.0. The number of nitriles is 1. The summed E-state index contributed by atoms with van der Waals surface area (Å²) in [6.07, 6.45) is 0.524. The summed E-state index contributed by atoms with van der Waals surface area (Å²) in [6.45, 7) is 0.368. The molecule has 2 aromatic rings. The molecule has 0 aliphatic carbocycles. The zero-order valence-corrected chi connectivity index (χ0v) is 11.4. The average molecular weight is 282 g/mol. The first-order chi connectivity index (χ1) is 10.2. The van der Waals surface area contributed by atoms with Crippen LogP contribution in [0.2, 0.25) is 0 Å². The van der Waals surface area contributed by atoms with Crippen LogP contribution in [0.15, 0.2) is 54.6 Å². The highest BCUT2D eigenvalue weighted by atomic mass is 19.1. The molecule has 4 heteroatoms. The lowest BCUT2D eigenvalue weighted by Gasteiger charge is -2.10. The normalized spacial score (nSPS) is 11.4. The minimum Gasteiger partial charge on any atom is -0.354 e. The fourth-order valence-electron chi connectivity index (χ4n) is 2.05. The van der Waals surface area contributed by atoms with Crippen LogP contribution in [0.1, 0.15) is 17.0 Å². The predicted octanol–water partition coefficient (Wildman–Crippen LogP) is 2.79. The van der Waals surface area contributed by atoms with E-state index in [0.29, 0.717) is 18.5 Å². The van der Waals surface area contributed by atoms with Gasteiger partial charge in [-0.25, -0.2) is 4.39 Å². The Labute approximate surface area is 123 Å². The van der Waals surface area contributed by atoms with Gasteiger partial charge in [0.05, 0.1) is 6.07 Å². The number of nitrogens with one attached hydrogen (secondary N) is 1. The zero-order chi connectivity index (χ0) is 15.1. The van der Waals surface area contributed by atoms with E-state index >= 15 is 0 Å². The molecule has 0 aliphatic heterocycles. The van der Waals surface area contributed by atoms with E-state index in [-0.39, 0.29) is 11.7 Å². The van der Waals surface area contributed by atoms with E-state index in [1.807, 2.05) is 12.1 Å². The number of hydrogen-bond donors (Lipinski definition) is 1. The van der Waals surface area contributed by atoms with Gasteiger partial charge in [-0.05, 0) is 29.7 Å². The molecule has 3 nitrogen and oxygen atoms in total. The lowest BCUT2D eigenvalue weighted by Crippen LogP contribution is -2.30. The monoisotopic (exact) mass is 282 g/mol. The largest absolute Gasteiger partial charge is 0.354 e. The number of amides is 1. The highest BCUT2D eigenvalue weighted by molar-refractivity contribution is 5.86. The van der Waals surface area contributed by atoms with Gasteiger partial charge in [0.1, 0.15) is 11.7 Å². The molecular weight excluding hydrogens is 267 g/mol. The van der Waals surface area contributed by atoms with Crippen LogP contribution in [0.4, 0.5) is 4.39 Å². The van der Waals surface area contributed by atoms with Gasteiger partial charge in [-0.2, -0.15) is 5.26 Å². The summed E-state index contributed by atoms with van der Waals surface area (Å²) in [5, 5.41) is 11.9. The van der Waals surface area contributed by atoms with Gasteiger partial charge in [0.25, 0.3) is 0 Å². The molecule has 0 heterocycles. The van der Waals surface area contributed by atoms with Crippen LogP contribution in [0, 0.1) is 17.1 Å². The van der Waals surface area contributed by atoms with Crippen molar-refractivity contribution in [1.82, 2.24) is 5.32 Å². The van der Waals surface area contributed by atoms with Crippen molar-refractivity contribution in [3.05, 3.63) is 71.5 Å². The number of rotatable bonds is 5. The smallest absolute Gasteiger partial charge is 0.241 e. The molecule has 106 valence electrons. The summed E-state index contributed by atoms with van der Waals surface area (Å²) in [5.74, 6) is -1.45. The van der Waals surface area contributed by atoms with Gasteiger partial charge >= 0.3 is 0 Å². The van der Waals surface area contributed by atoms with Gasteiger partial charge < -0.3 is 5.32 Å². The Morgan fingerprint density at radius 1 is 1.19 bits per heavy atom. The molecule has 1 atom stereocenters. The summed E-state index contributed by atoms with van der Waals surface area (Å²) in [6, 6.07) is 17.2. The number of benzene rings is 2. The fourth-order valence-corrected chi connectivity index (χ4v) is 2.05. The highest BCUT2D eigenvalue weighted by Crippen LogP contribution is 2.14. The van der Waals surface area contributed by atoms with Crippen molar-refractivity contribution >= 4 is 5.91 Å². The van der Waals surface area contributed by atoms with Crippen molar-refractivity contribution in [2.45, 2.75) is 12.3 Å². The van der Waals surface area contributed by atoms with Gasteiger partial charge in [0, 0.05) is 6.54 Å². The average Bonchev–Trinajstić information content (AvgIpc) is 2.49. The van der Waals surface area contributed by atoms with Crippen LogP contribution >= 0.6 is 0 Å². The van der Waals surface area contributed by atoms with E-state index in [2.05, 4.69) is 5.32 Å². The first-order valence-electron chi connectivity index (χ1n) is 6.67. The molecule has 0 fully saturated rings. The van der Waals surface area contributed by atoms with Crippen LogP contribution in [0.25, 0.3) is 0 Å². The minimum atomic E-state index is -0.821. The second kappa shape index (κ2) is 7.20. The number of carbonyl (C=O) groups is 1. The summed E-state index contributed by atoms with van der Waals surface area (Å²) >= 11 is 0. The third-order valence-electron chi connectivity index (χ3n) is 3.13. The molecule has 0 bridgehead atoms. The third kappa shape index (κ3) is 4.15. The molecule has 0 saturated heterocycles. The topological polar surface area (TPSA) is 52.9 Å². The van der Waals surface area contributed by atoms with E-state index in [9.17, 15) is 9.18 Å². The molecule has 21 heavy (non-hydrogen) atoms. The molecule has 1 amide bonds. The Bertz CT molecular complexity index is 649. The summed E-state index contributed by atoms with van der Waals surface area (Å²) < 4.78 is 13.0. The van der Waals surface area contributed by atoms with Gasteiger partial charge in [0.15, 0.2) is 0 Å². The van der Waals surface area contributed by atoms with Crippen molar-refractivity contribution in [3.63, 3.8) is 0 Å². The van der Waals surface area contributed by atoms with Crippen molar-refractivity contribution in [1.29, 1.82) is 5.26 Å². The lowest BCUT2D eigenvalue weighted by molar-refractivity contribution is -0.121. The molecule has 2 aromatic carbocycles. The molecule has 0 saturated carbocycles. The third-order valence-corrected chi connectivity index (χ3v) is 3.13. The van der Waals surface area contributed by atoms with Crippen LogP contribution in [0.5, 0.6) is 0 Å². The van der Waals surface area contributed by atoms with Crippen molar-refractivity contribution in [2.75, 3.05) is 6.54 Å². The Kier molecular flexibility index (Phi) is 5.05. The number of halogens is 1. The molecule has 2 rings (SSSR count). The predicted molar refractivity (Wildman–Crippen MR) is 77.9 cm³/mol. The summed E-state index contributed by atoms with van der Waals surface area (Å²) in [7, 11) is 0. The first kappa shape index (κ1) is 14.7. The van der Waals surface area contributed by atoms with Crippen LogP contribution < -0.4 is 5.32 Å². The first-order valence-corrected chi connectivity index (χ1v) is 6.67. The fraction of sp³-hybridized carbons (Fsp3) is 0.176. The summed E-state index contributed by atoms with van der Waals surface area (Å²) in [5.41, 5.74) is 1.48.